The monoisotopic (exact) mass is 293 g/mol. The molecule has 5 nitrogen and oxygen atoms in total. The van der Waals surface area contributed by atoms with Gasteiger partial charge >= 0.3 is 0 Å². The summed E-state index contributed by atoms with van der Waals surface area (Å²) in [6.45, 7) is 0. The standard InChI is InChI=1S/C15H11N5S/c16-13-8-18-15(21-13)9-4-5-10-12(7-9)20-14(19-10)11-3-1-2-6-17-11/h1-8H,16H2,(H,19,20). The van der Waals surface area contributed by atoms with E-state index in [1.54, 1.807) is 12.4 Å². The number of nitrogens with zero attached hydrogens (tertiary/aromatic N) is 3. The molecule has 3 N–H and O–H groups in total. The van der Waals surface area contributed by atoms with E-state index >= 15 is 0 Å². The highest BCUT2D eigenvalue weighted by Crippen LogP contribution is 2.29. The lowest BCUT2D eigenvalue weighted by Gasteiger charge is -1.95. The fraction of sp³-hybridized carbons (Fsp3) is 0. The lowest BCUT2D eigenvalue weighted by molar-refractivity contribution is 1.24. The summed E-state index contributed by atoms with van der Waals surface area (Å²) in [5, 5.41) is 1.62. The molecule has 0 atom stereocenters. The van der Waals surface area contributed by atoms with Gasteiger partial charge in [-0.1, -0.05) is 17.4 Å². The first-order valence-corrected chi connectivity index (χ1v) is 7.24. The summed E-state index contributed by atoms with van der Waals surface area (Å²) in [5.74, 6) is 0.765. The van der Waals surface area contributed by atoms with Crippen LogP contribution in [0.1, 0.15) is 0 Å². The van der Waals surface area contributed by atoms with Gasteiger partial charge in [-0.15, -0.1) is 0 Å². The molecule has 0 spiro atoms. The predicted octanol–water partition coefficient (Wildman–Crippen LogP) is 3.33. The second kappa shape index (κ2) is 4.68. The molecule has 0 aliphatic heterocycles. The molecule has 102 valence electrons. The third kappa shape index (κ3) is 2.15. The molecule has 0 saturated carbocycles. The molecule has 3 aromatic heterocycles. The Morgan fingerprint density at radius 2 is 2.05 bits per heavy atom. The molecule has 4 rings (SSSR count). The largest absolute Gasteiger partial charge is 0.389 e. The summed E-state index contributed by atoms with van der Waals surface area (Å²) in [4.78, 5) is 16.5. The van der Waals surface area contributed by atoms with Crippen molar-refractivity contribution in [3.05, 3.63) is 48.8 Å². The van der Waals surface area contributed by atoms with Crippen molar-refractivity contribution in [3.63, 3.8) is 0 Å². The Bertz CT molecular complexity index is 910. The van der Waals surface area contributed by atoms with E-state index in [0.29, 0.717) is 5.00 Å². The van der Waals surface area contributed by atoms with Gasteiger partial charge in [0.1, 0.15) is 15.7 Å². The van der Waals surface area contributed by atoms with Gasteiger partial charge in [-0.05, 0) is 30.3 Å². The third-order valence-corrected chi connectivity index (χ3v) is 4.04. The normalized spacial score (nSPS) is 11.0. The quantitative estimate of drug-likeness (QED) is 0.594. The van der Waals surface area contributed by atoms with E-state index in [1.165, 1.54) is 11.3 Å². The van der Waals surface area contributed by atoms with Gasteiger partial charge in [-0.25, -0.2) is 9.97 Å². The highest BCUT2D eigenvalue weighted by atomic mass is 32.1. The first-order valence-electron chi connectivity index (χ1n) is 6.42. The topological polar surface area (TPSA) is 80.5 Å². The minimum absolute atomic E-state index is 0.712. The number of pyridine rings is 1. The molecule has 0 aliphatic carbocycles. The van der Waals surface area contributed by atoms with Gasteiger partial charge in [-0.3, -0.25) is 4.98 Å². The number of hydrogen-bond acceptors (Lipinski definition) is 5. The van der Waals surface area contributed by atoms with Crippen LogP contribution in [-0.2, 0) is 0 Å². The van der Waals surface area contributed by atoms with E-state index in [0.717, 1.165) is 33.1 Å². The lowest BCUT2D eigenvalue weighted by Crippen LogP contribution is -1.82. The summed E-state index contributed by atoms with van der Waals surface area (Å²) in [6, 6.07) is 11.8. The van der Waals surface area contributed by atoms with Gasteiger partial charge in [0.15, 0.2) is 5.82 Å². The zero-order valence-corrected chi connectivity index (χ0v) is 11.8. The number of anilines is 1. The van der Waals surface area contributed by atoms with Crippen LogP contribution in [0.5, 0.6) is 0 Å². The van der Waals surface area contributed by atoms with E-state index in [-0.39, 0.29) is 0 Å². The molecule has 1 aromatic carbocycles. The fourth-order valence-corrected chi connectivity index (χ4v) is 2.87. The Kier molecular flexibility index (Phi) is 2.68. The van der Waals surface area contributed by atoms with Crippen molar-refractivity contribution in [2.45, 2.75) is 0 Å². The minimum Gasteiger partial charge on any atom is -0.389 e. The maximum Gasteiger partial charge on any atom is 0.157 e. The second-order valence-electron chi connectivity index (χ2n) is 4.60. The van der Waals surface area contributed by atoms with Crippen LogP contribution >= 0.6 is 11.3 Å². The van der Waals surface area contributed by atoms with Crippen LogP contribution in [-0.4, -0.2) is 19.9 Å². The maximum absolute atomic E-state index is 5.74. The number of H-pyrrole nitrogens is 1. The van der Waals surface area contributed by atoms with Crippen molar-refractivity contribution < 1.29 is 0 Å². The number of fused-ring (bicyclic) bond motifs is 1. The first kappa shape index (κ1) is 12.0. The molecule has 0 fully saturated rings. The van der Waals surface area contributed by atoms with Gasteiger partial charge < -0.3 is 10.7 Å². The average molecular weight is 293 g/mol. The second-order valence-corrected chi connectivity index (χ2v) is 5.66. The number of nitrogen functional groups attached to an aromatic ring is 1. The van der Waals surface area contributed by atoms with E-state index in [4.69, 9.17) is 5.73 Å². The average Bonchev–Trinajstić information content (AvgIpc) is 3.13. The Hall–Kier alpha value is -2.73. The Morgan fingerprint density at radius 1 is 1.10 bits per heavy atom. The number of imidazole rings is 1. The van der Waals surface area contributed by atoms with Crippen molar-refractivity contribution in [2.24, 2.45) is 0 Å². The fourth-order valence-electron chi connectivity index (χ4n) is 2.19. The van der Waals surface area contributed by atoms with Gasteiger partial charge in [0, 0.05) is 11.8 Å². The van der Waals surface area contributed by atoms with E-state index in [2.05, 4.69) is 19.9 Å². The molecule has 0 bridgehead atoms. The molecule has 0 amide bonds. The predicted molar refractivity (Wildman–Crippen MR) is 84.8 cm³/mol. The van der Waals surface area contributed by atoms with Crippen molar-refractivity contribution >= 4 is 27.4 Å². The third-order valence-electron chi connectivity index (χ3n) is 3.16. The van der Waals surface area contributed by atoms with E-state index < -0.39 is 0 Å². The summed E-state index contributed by atoms with van der Waals surface area (Å²) >= 11 is 1.47. The van der Waals surface area contributed by atoms with E-state index in [9.17, 15) is 0 Å². The maximum atomic E-state index is 5.74. The van der Waals surface area contributed by atoms with Gasteiger partial charge in [0.05, 0.1) is 17.2 Å². The number of benzene rings is 1. The number of nitrogens with one attached hydrogen (secondary N) is 1. The Labute approximate surface area is 124 Å². The molecule has 4 aromatic rings. The van der Waals surface area contributed by atoms with Crippen LogP contribution < -0.4 is 5.73 Å². The van der Waals surface area contributed by atoms with Crippen LogP contribution in [0, 0.1) is 0 Å². The summed E-state index contributed by atoms with van der Waals surface area (Å²) in [7, 11) is 0. The smallest absolute Gasteiger partial charge is 0.157 e. The molecule has 0 saturated heterocycles. The molecule has 6 heteroatoms. The zero-order chi connectivity index (χ0) is 14.2. The Balaban J connectivity index is 1.82. The van der Waals surface area contributed by atoms with Gasteiger partial charge in [0.25, 0.3) is 0 Å². The highest BCUT2D eigenvalue weighted by Gasteiger charge is 2.09. The van der Waals surface area contributed by atoms with E-state index in [1.807, 2.05) is 36.4 Å². The summed E-state index contributed by atoms with van der Waals surface area (Å²) in [6.07, 6.45) is 3.43. The summed E-state index contributed by atoms with van der Waals surface area (Å²) in [5.41, 5.74) is 9.46. The molecule has 0 unspecified atom stereocenters. The van der Waals surface area contributed by atoms with Crippen molar-refractivity contribution in [1.29, 1.82) is 0 Å². The number of hydrogen-bond donors (Lipinski definition) is 2. The van der Waals surface area contributed by atoms with Crippen molar-refractivity contribution in [3.8, 4) is 22.1 Å². The molecule has 3 heterocycles. The van der Waals surface area contributed by atoms with Gasteiger partial charge in [-0.2, -0.15) is 0 Å². The molecular formula is C15H11N5S. The number of thiazole rings is 1. The number of nitrogens with two attached hydrogens (primary N) is 1. The molecule has 21 heavy (non-hydrogen) atoms. The zero-order valence-electron chi connectivity index (χ0n) is 10.9. The molecule has 0 aliphatic rings. The van der Waals surface area contributed by atoms with Crippen LogP contribution in [0.2, 0.25) is 0 Å². The highest BCUT2D eigenvalue weighted by molar-refractivity contribution is 7.18. The SMILES string of the molecule is Nc1cnc(-c2ccc3nc(-c4ccccn4)[nH]c3c2)s1. The molecular weight excluding hydrogens is 282 g/mol. The lowest BCUT2D eigenvalue weighted by atomic mass is 10.2. The van der Waals surface area contributed by atoms with Crippen molar-refractivity contribution in [1.82, 2.24) is 19.9 Å². The van der Waals surface area contributed by atoms with Crippen LogP contribution in [0.4, 0.5) is 5.00 Å². The minimum atomic E-state index is 0.712. The number of aromatic nitrogens is 4. The van der Waals surface area contributed by atoms with Crippen LogP contribution in [0.3, 0.4) is 0 Å². The first-order chi connectivity index (χ1) is 10.3. The Morgan fingerprint density at radius 3 is 2.81 bits per heavy atom. The van der Waals surface area contributed by atoms with Crippen molar-refractivity contribution in [2.75, 3.05) is 5.73 Å². The molecule has 0 radical (unpaired) electrons. The summed E-state index contributed by atoms with van der Waals surface area (Å²) < 4.78 is 0. The van der Waals surface area contributed by atoms with Gasteiger partial charge in [0.2, 0.25) is 0 Å². The number of rotatable bonds is 2. The van der Waals surface area contributed by atoms with Crippen LogP contribution in [0.15, 0.2) is 48.8 Å². The number of aromatic amines is 1. The van der Waals surface area contributed by atoms with Crippen LogP contribution in [0.25, 0.3) is 33.1 Å².